The Hall–Kier alpha value is -0.677. The molecule has 0 N–H and O–H groups in total. The van der Waals surface area contributed by atoms with Gasteiger partial charge in [0, 0.05) is 0 Å². The Balaban J connectivity index is 0. The predicted molar refractivity (Wildman–Crippen MR) is 59.4 cm³/mol. The van der Waals surface area contributed by atoms with Gasteiger partial charge in [0.2, 0.25) is 0 Å². The Morgan fingerprint density at radius 2 is 1.36 bits per heavy atom. The second kappa shape index (κ2) is 10.4. The second-order valence-corrected chi connectivity index (χ2v) is 2.45. The maximum absolute atomic E-state index is 3.72. The zero-order valence-electron chi connectivity index (χ0n) is 8.48. The summed E-state index contributed by atoms with van der Waals surface area (Å²) in [6, 6.07) is 19.9. The van der Waals surface area contributed by atoms with Crippen LogP contribution in [-0.4, -0.2) is 0 Å². The fourth-order valence-corrected chi connectivity index (χ4v) is 0.799. The maximum Gasteiger partial charge on any atom is 3.00 e. The van der Waals surface area contributed by atoms with Crippen LogP contribution in [0.2, 0.25) is 0 Å². The Bertz CT molecular complexity index is 254. The number of hydrogen-bond donors (Lipinski definition) is 0. The molecule has 0 aliphatic carbocycles. The molecule has 2 rings (SSSR count). The largest absolute Gasteiger partial charge is 3.00 e. The molecule has 0 spiro atoms. The van der Waals surface area contributed by atoms with Crippen LogP contribution in [0.15, 0.2) is 60.7 Å². The van der Waals surface area contributed by atoms with Crippen molar-refractivity contribution in [1.29, 1.82) is 0 Å². The van der Waals surface area contributed by atoms with Crippen molar-refractivity contribution < 1.29 is 26.2 Å². The van der Waals surface area contributed by atoms with E-state index in [1.165, 1.54) is 0 Å². The number of rotatable bonds is 0. The molecule has 0 bridgehead atoms. The third-order valence-corrected chi connectivity index (χ3v) is 1.40. The SMILES string of the molecule is [CH2-]c1ccccc1.[CH3-].[Zr+3].c1cc[cH-]c1. The van der Waals surface area contributed by atoms with Gasteiger partial charge in [-0.1, -0.05) is 6.07 Å². The van der Waals surface area contributed by atoms with E-state index < -0.39 is 0 Å². The van der Waals surface area contributed by atoms with Crippen molar-refractivity contribution in [3.05, 3.63) is 80.6 Å². The Labute approximate surface area is 106 Å². The summed E-state index contributed by atoms with van der Waals surface area (Å²) < 4.78 is 0. The summed E-state index contributed by atoms with van der Waals surface area (Å²) >= 11 is 0. The molecule has 0 aliphatic heterocycles. The van der Waals surface area contributed by atoms with E-state index >= 15 is 0 Å². The average Bonchev–Trinajstić information content (AvgIpc) is 2.62. The molecule has 0 aromatic heterocycles. The van der Waals surface area contributed by atoms with Crippen molar-refractivity contribution in [2.45, 2.75) is 0 Å². The van der Waals surface area contributed by atoms with E-state index in [2.05, 4.69) is 6.92 Å². The molecule has 14 heavy (non-hydrogen) atoms. The third kappa shape index (κ3) is 7.95. The number of benzene rings is 1. The zero-order chi connectivity index (χ0) is 8.65. The van der Waals surface area contributed by atoms with Crippen LogP contribution in [-0.2, 0) is 26.2 Å². The zero-order valence-corrected chi connectivity index (χ0v) is 10.9. The first-order valence-electron chi connectivity index (χ1n) is 3.93. The number of hydrogen-bond acceptors (Lipinski definition) is 0. The molecular weight excluding hydrogens is 247 g/mol. The Morgan fingerprint density at radius 3 is 1.57 bits per heavy atom. The minimum absolute atomic E-state index is 0. The molecule has 1 heteroatoms. The van der Waals surface area contributed by atoms with Gasteiger partial charge in [-0.25, -0.2) is 12.1 Å². The maximum atomic E-state index is 3.72. The Morgan fingerprint density at radius 1 is 0.857 bits per heavy atom. The van der Waals surface area contributed by atoms with Crippen LogP contribution in [0.3, 0.4) is 0 Å². The van der Waals surface area contributed by atoms with E-state index in [-0.39, 0.29) is 33.6 Å². The molecule has 0 saturated heterocycles. The van der Waals surface area contributed by atoms with E-state index in [0.29, 0.717) is 0 Å². The molecule has 0 nitrogen and oxygen atoms in total. The van der Waals surface area contributed by atoms with E-state index in [1.807, 2.05) is 60.7 Å². The molecule has 0 aliphatic rings. The Kier molecular flexibility index (Phi) is 11.7. The fourth-order valence-electron chi connectivity index (χ4n) is 0.799. The van der Waals surface area contributed by atoms with E-state index in [4.69, 9.17) is 0 Å². The summed E-state index contributed by atoms with van der Waals surface area (Å²) in [7, 11) is 0. The topological polar surface area (TPSA) is 0 Å². The van der Waals surface area contributed by atoms with Gasteiger partial charge in [-0.15, -0.1) is 12.1 Å². The monoisotopic (exact) mass is 261 g/mol. The van der Waals surface area contributed by atoms with E-state index in [9.17, 15) is 0 Å². The molecule has 0 atom stereocenters. The van der Waals surface area contributed by atoms with Crippen LogP contribution in [0, 0.1) is 14.4 Å². The van der Waals surface area contributed by atoms with Crippen LogP contribution in [0.4, 0.5) is 0 Å². The van der Waals surface area contributed by atoms with Crippen molar-refractivity contribution in [3.63, 3.8) is 0 Å². The van der Waals surface area contributed by atoms with Crippen LogP contribution >= 0.6 is 0 Å². The fraction of sp³-hybridized carbons (Fsp3) is 0. The van der Waals surface area contributed by atoms with Crippen molar-refractivity contribution in [2.75, 3.05) is 0 Å². The van der Waals surface area contributed by atoms with Crippen LogP contribution in [0.25, 0.3) is 0 Å². The summed E-state index contributed by atoms with van der Waals surface area (Å²) in [5.41, 5.74) is 1.07. The van der Waals surface area contributed by atoms with Gasteiger partial charge in [-0.05, 0) is 0 Å². The van der Waals surface area contributed by atoms with Gasteiger partial charge in [0.1, 0.15) is 0 Å². The van der Waals surface area contributed by atoms with Gasteiger partial charge in [0.15, 0.2) is 0 Å². The molecule has 2 aromatic rings. The summed E-state index contributed by atoms with van der Waals surface area (Å²) in [6.07, 6.45) is 0. The first kappa shape index (κ1) is 15.8. The minimum atomic E-state index is 0. The molecule has 71 valence electrons. The minimum Gasteiger partial charge on any atom is -0.358 e. The quantitative estimate of drug-likeness (QED) is 0.635. The van der Waals surface area contributed by atoms with Crippen molar-refractivity contribution >= 4 is 0 Å². The molecule has 0 heterocycles. The van der Waals surface area contributed by atoms with Crippen LogP contribution in [0.1, 0.15) is 5.56 Å². The van der Waals surface area contributed by atoms with Crippen LogP contribution in [0.5, 0.6) is 0 Å². The average molecular weight is 262 g/mol. The van der Waals surface area contributed by atoms with Gasteiger partial charge in [-0.2, -0.15) is 42.8 Å². The second-order valence-electron chi connectivity index (χ2n) is 2.45. The molecule has 0 saturated carbocycles. The summed E-state index contributed by atoms with van der Waals surface area (Å²) in [6.45, 7) is 3.72. The van der Waals surface area contributed by atoms with E-state index in [0.717, 1.165) is 5.56 Å². The molecular formula is C13H15Zr. The van der Waals surface area contributed by atoms with Gasteiger partial charge in [-0.3, -0.25) is 0 Å². The van der Waals surface area contributed by atoms with Gasteiger partial charge >= 0.3 is 26.2 Å². The van der Waals surface area contributed by atoms with Crippen molar-refractivity contribution in [3.8, 4) is 0 Å². The summed E-state index contributed by atoms with van der Waals surface area (Å²) in [5, 5.41) is 0. The standard InChI is InChI=1S/C7H7.C5H5.CH3.Zr/c1-7-5-3-2-4-6-7;1-2-4-5-3-1;;/h2-6H,1H2;1-5H;1H3;/q3*-1;+3. The normalized spacial score (nSPS) is 7.14. The van der Waals surface area contributed by atoms with Gasteiger partial charge in [0.05, 0.1) is 0 Å². The third-order valence-electron chi connectivity index (χ3n) is 1.40. The first-order chi connectivity index (χ1) is 5.89. The molecule has 0 amide bonds. The van der Waals surface area contributed by atoms with Gasteiger partial charge in [0.25, 0.3) is 0 Å². The molecule has 0 unspecified atom stereocenters. The van der Waals surface area contributed by atoms with Crippen LogP contribution < -0.4 is 0 Å². The first-order valence-corrected chi connectivity index (χ1v) is 3.93. The van der Waals surface area contributed by atoms with Crippen molar-refractivity contribution in [2.24, 2.45) is 0 Å². The van der Waals surface area contributed by atoms with E-state index in [1.54, 1.807) is 0 Å². The molecule has 2 aromatic carbocycles. The smallest absolute Gasteiger partial charge is 0.358 e. The molecule has 1 radical (unpaired) electrons. The summed E-state index contributed by atoms with van der Waals surface area (Å²) in [4.78, 5) is 0. The van der Waals surface area contributed by atoms with Crippen molar-refractivity contribution in [1.82, 2.24) is 0 Å². The summed E-state index contributed by atoms with van der Waals surface area (Å²) in [5.74, 6) is 0. The molecule has 0 fully saturated rings. The van der Waals surface area contributed by atoms with Gasteiger partial charge < -0.3 is 7.43 Å². The predicted octanol–water partition coefficient (Wildman–Crippen LogP) is 3.72.